The summed E-state index contributed by atoms with van der Waals surface area (Å²) in [5, 5.41) is 14.9. The van der Waals surface area contributed by atoms with Gasteiger partial charge < -0.3 is 20.5 Å². The summed E-state index contributed by atoms with van der Waals surface area (Å²) in [5.41, 5.74) is 0. The standard InChI is InChI=1S/C10H20N2O3/c1-15-7-9(3-5-13)12-10(14)8-2-4-11-6-8/h8-9,11,13H,2-7H2,1H3,(H,12,14). The van der Waals surface area contributed by atoms with Gasteiger partial charge in [0.25, 0.3) is 0 Å². The maximum Gasteiger partial charge on any atom is 0.224 e. The predicted octanol–water partition coefficient (Wildman–Crippen LogP) is -0.890. The number of hydrogen-bond donors (Lipinski definition) is 3. The number of ether oxygens (including phenoxy) is 1. The molecule has 0 saturated carbocycles. The van der Waals surface area contributed by atoms with Crippen LogP contribution in [0.2, 0.25) is 0 Å². The zero-order valence-corrected chi connectivity index (χ0v) is 9.16. The number of aliphatic hydroxyl groups is 1. The van der Waals surface area contributed by atoms with Gasteiger partial charge in [-0.2, -0.15) is 0 Å². The van der Waals surface area contributed by atoms with Crippen LogP contribution in [0.25, 0.3) is 0 Å². The highest BCUT2D eigenvalue weighted by atomic mass is 16.5. The highest BCUT2D eigenvalue weighted by molar-refractivity contribution is 5.79. The second-order valence-electron chi connectivity index (χ2n) is 3.86. The number of rotatable bonds is 6. The van der Waals surface area contributed by atoms with E-state index in [4.69, 9.17) is 9.84 Å². The van der Waals surface area contributed by atoms with E-state index in [1.807, 2.05) is 0 Å². The first-order valence-corrected chi connectivity index (χ1v) is 5.38. The molecule has 88 valence electrons. The first-order chi connectivity index (χ1) is 7.27. The van der Waals surface area contributed by atoms with Crippen LogP contribution in [0.5, 0.6) is 0 Å². The Bertz CT molecular complexity index is 187. The molecule has 1 saturated heterocycles. The van der Waals surface area contributed by atoms with Crippen LogP contribution < -0.4 is 10.6 Å². The molecule has 1 heterocycles. The third-order valence-electron chi connectivity index (χ3n) is 2.62. The van der Waals surface area contributed by atoms with Gasteiger partial charge in [-0.25, -0.2) is 0 Å². The highest BCUT2D eigenvalue weighted by Crippen LogP contribution is 2.08. The van der Waals surface area contributed by atoms with E-state index in [2.05, 4.69) is 10.6 Å². The van der Waals surface area contributed by atoms with Gasteiger partial charge in [-0.15, -0.1) is 0 Å². The van der Waals surface area contributed by atoms with E-state index < -0.39 is 0 Å². The molecule has 0 aromatic rings. The molecule has 1 aliphatic heterocycles. The van der Waals surface area contributed by atoms with Crippen molar-refractivity contribution in [1.82, 2.24) is 10.6 Å². The number of amides is 1. The third kappa shape index (κ3) is 4.15. The SMILES string of the molecule is COCC(CCO)NC(=O)C1CCNC1. The molecule has 15 heavy (non-hydrogen) atoms. The Morgan fingerprint density at radius 2 is 2.53 bits per heavy atom. The van der Waals surface area contributed by atoms with Gasteiger partial charge in [0, 0.05) is 20.3 Å². The maximum absolute atomic E-state index is 11.7. The Balaban J connectivity index is 2.31. The van der Waals surface area contributed by atoms with Crippen molar-refractivity contribution >= 4 is 5.91 Å². The van der Waals surface area contributed by atoms with Crippen LogP contribution in [0.15, 0.2) is 0 Å². The summed E-state index contributed by atoms with van der Waals surface area (Å²) in [6, 6.07) is -0.0758. The summed E-state index contributed by atoms with van der Waals surface area (Å²) < 4.78 is 4.98. The first kappa shape index (κ1) is 12.4. The lowest BCUT2D eigenvalue weighted by molar-refractivity contribution is -0.125. The minimum absolute atomic E-state index is 0.0653. The number of hydrogen-bond acceptors (Lipinski definition) is 4. The molecule has 2 atom stereocenters. The monoisotopic (exact) mass is 216 g/mol. The van der Waals surface area contributed by atoms with Gasteiger partial charge in [0.05, 0.1) is 18.6 Å². The summed E-state index contributed by atoms with van der Waals surface area (Å²) in [6.07, 6.45) is 1.43. The maximum atomic E-state index is 11.7. The van der Waals surface area contributed by atoms with Crippen molar-refractivity contribution in [3.05, 3.63) is 0 Å². The molecule has 1 aliphatic rings. The molecule has 0 aromatic carbocycles. The minimum Gasteiger partial charge on any atom is -0.396 e. The highest BCUT2D eigenvalue weighted by Gasteiger charge is 2.24. The summed E-state index contributed by atoms with van der Waals surface area (Å²) in [6.45, 7) is 2.18. The van der Waals surface area contributed by atoms with Gasteiger partial charge in [-0.05, 0) is 19.4 Å². The van der Waals surface area contributed by atoms with Crippen LogP contribution in [0.3, 0.4) is 0 Å². The fraction of sp³-hybridized carbons (Fsp3) is 0.900. The molecule has 1 rings (SSSR count). The van der Waals surface area contributed by atoms with Crippen molar-refractivity contribution in [1.29, 1.82) is 0 Å². The second kappa shape index (κ2) is 6.76. The van der Waals surface area contributed by atoms with Gasteiger partial charge in [-0.1, -0.05) is 0 Å². The van der Waals surface area contributed by atoms with Crippen LogP contribution in [0.1, 0.15) is 12.8 Å². The van der Waals surface area contributed by atoms with E-state index in [-0.39, 0.29) is 24.5 Å². The van der Waals surface area contributed by atoms with Crippen LogP contribution in [-0.2, 0) is 9.53 Å². The Hall–Kier alpha value is -0.650. The lowest BCUT2D eigenvalue weighted by Crippen LogP contribution is -2.42. The van der Waals surface area contributed by atoms with E-state index in [9.17, 15) is 4.79 Å². The van der Waals surface area contributed by atoms with Crippen molar-refractivity contribution in [2.24, 2.45) is 5.92 Å². The normalized spacial score (nSPS) is 22.7. The lowest BCUT2D eigenvalue weighted by Gasteiger charge is -2.19. The van der Waals surface area contributed by atoms with E-state index in [0.717, 1.165) is 19.5 Å². The fourth-order valence-electron chi connectivity index (χ4n) is 1.75. The van der Waals surface area contributed by atoms with Crippen molar-refractivity contribution in [3.63, 3.8) is 0 Å². The van der Waals surface area contributed by atoms with Gasteiger partial charge in [0.1, 0.15) is 0 Å². The Labute approximate surface area is 90.2 Å². The molecule has 5 heteroatoms. The number of carbonyl (C=O) groups excluding carboxylic acids is 1. The Morgan fingerprint density at radius 3 is 3.07 bits per heavy atom. The molecule has 2 unspecified atom stereocenters. The zero-order valence-electron chi connectivity index (χ0n) is 9.16. The van der Waals surface area contributed by atoms with Gasteiger partial charge in [-0.3, -0.25) is 4.79 Å². The minimum atomic E-state index is -0.0758. The molecular formula is C10H20N2O3. The van der Waals surface area contributed by atoms with E-state index in [1.165, 1.54) is 0 Å². The van der Waals surface area contributed by atoms with E-state index in [0.29, 0.717) is 13.0 Å². The number of carbonyl (C=O) groups is 1. The molecule has 5 nitrogen and oxygen atoms in total. The zero-order chi connectivity index (χ0) is 11.1. The molecular weight excluding hydrogens is 196 g/mol. The summed E-state index contributed by atoms with van der Waals surface area (Å²) in [4.78, 5) is 11.7. The molecule has 0 aliphatic carbocycles. The average Bonchev–Trinajstić information content (AvgIpc) is 2.71. The third-order valence-corrected chi connectivity index (χ3v) is 2.62. The van der Waals surface area contributed by atoms with E-state index in [1.54, 1.807) is 7.11 Å². The smallest absolute Gasteiger partial charge is 0.224 e. The summed E-state index contributed by atoms with van der Waals surface area (Å²) in [5.74, 6) is 0.138. The van der Waals surface area contributed by atoms with Crippen molar-refractivity contribution < 1.29 is 14.6 Å². The predicted molar refractivity (Wildman–Crippen MR) is 56.5 cm³/mol. The van der Waals surface area contributed by atoms with Crippen LogP contribution in [-0.4, -0.2) is 50.5 Å². The number of aliphatic hydroxyl groups excluding tert-OH is 1. The lowest BCUT2D eigenvalue weighted by atomic mass is 10.1. The van der Waals surface area contributed by atoms with Crippen LogP contribution in [0, 0.1) is 5.92 Å². The average molecular weight is 216 g/mol. The van der Waals surface area contributed by atoms with Crippen LogP contribution >= 0.6 is 0 Å². The van der Waals surface area contributed by atoms with Crippen LogP contribution in [0.4, 0.5) is 0 Å². The molecule has 1 amide bonds. The quantitative estimate of drug-likeness (QED) is 0.538. The van der Waals surface area contributed by atoms with Gasteiger partial charge >= 0.3 is 0 Å². The van der Waals surface area contributed by atoms with Gasteiger partial charge in [0.15, 0.2) is 0 Å². The van der Waals surface area contributed by atoms with Crippen molar-refractivity contribution in [2.45, 2.75) is 18.9 Å². The Morgan fingerprint density at radius 1 is 1.73 bits per heavy atom. The van der Waals surface area contributed by atoms with Gasteiger partial charge in [0.2, 0.25) is 5.91 Å². The number of methoxy groups -OCH3 is 1. The molecule has 1 fully saturated rings. The first-order valence-electron chi connectivity index (χ1n) is 5.38. The molecule has 0 radical (unpaired) electrons. The molecule has 0 spiro atoms. The largest absolute Gasteiger partial charge is 0.396 e. The Kier molecular flexibility index (Phi) is 5.60. The van der Waals surface area contributed by atoms with E-state index >= 15 is 0 Å². The second-order valence-corrected chi connectivity index (χ2v) is 3.86. The van der Waals surface area contributed by atoms with Crippen molar-refractivity contribution in [3.8, 4) is 0 Å². The molecule has 0 bridgehead atoms. The van der Waals surface area contributed by atoms with Crippen molar-refractivity contribution in [2.75, 3.05) is 33.4 Å². The molecule has 3 N–H and O–H groups in total. The number of nitrogens with one attached hydrogen (secondary N) is 2. The topological polar surface area (TPSA) is 70.6 Å². The summed E-state index contributed by atoms with van der Waals surface area (Å²) >= 11 is 0. The summed E-state index contributed by atoms with van der Waals surface area (Å²) in [7, 11) is 1.59. The fourth-order valence-corrected chi connectivity index (χ4v) is 1.75. The molecule has 0 aromatic heterocycles.